The number of hydrogen-bond acceptors (Lipinski definition) is 3. The van der Waals surface area contributed by atoms with Crippen molar-refractivity contribution in [1.82, 2.24) is 15.1 Å². The summed E-state index contributed by atoms with van der Waals surface area (Å²) in [6, 6.07) is 1.39. The van der Waals surface area contributed by atoms with Crippen LogP contribution in [0.1, 0.15) is 39.0 Å². The highest BCUT2D eigenvalue weighted by molar-refractivity contribution is 4.83. The quantitative estimate of drug-likeness (QED) is 0.824. The Morgan fingerprint density at radius 1 is 1.11 bits per heavy atom. The summed E-state index contributed by atoms with van der Waals surface area (Å²) in [6.07, 6.45) is 7.23. The zero-order valence-electron chi connectivity index (χ0n) is 12.5. The van der Waals surface area contributed by atoms with E-state index in [2.05, 4.69) is 36.1 Å². The molecule has 1 saturated heterocycles. The van der Waals surface area contributed by atoms with Crippen LogP contribution >= 0.6 is 0 Å². The highest BCUT2D eigenvalue weighted by Gasteiger charge is 2.24. The predicted octanol–water partition coefficient (Wildman–Crippen LogP) is 1.79. The lowest BCUT2D eigenvalue weighted by atomic mass is 9.84. The number of hydrogen-bond donors (Lipinski definition) is 1. The highest BCUT2D eigenvalue weighted by Crippen LogP contribution is 2.26. The lowest BCUT2D eigenvalue weighted by Gasteiger charge is -2.39. The maximum absolute atomic E-state index is 3.80. The molecule has 0 aromatic carbocycles. The molecule has 2 unspecified atom stereocenters. The van der Waals surface area contributed by atoms with E-state index in [4.69, 9.17) is 0 Å². The van der Waals surface area contributed by atoms with Gasteiger partial charge in [0.25, 0.3) is 0 Å². The molecule has 0 amide bonds. The average Bonchev–Trinajstić information content (AvgIpc) is 2.40. The summed E-state index contributed by atoms with van der Waals surface area (Å²) in [5.74, 6) is 0.922. The standard InChI is InChI=1S/C15H31N3/c1-13(14-7-5-4-6-8-14)16-11-15-12-17(2)9-10-18(15)3/h13-16H,4-12H2,1-3H3. The van der Waals surface area contributed by atoms with Gasteiger partial charge in [-0.15, -0.1) is 0 Å². The van der Waals surface area contributed by atoms with Crippen LogP contribution in [0.25, 0.3) is 0 Å². The van der Waals surface area contributed by atoms with Crippen molar-refractivity contribution in [2.45, 2.75) is 51.1 Å². The Morgan fingerprint density at radius 2 is 1.83 bits per heavy atom. The van der Waals surface area contributed by atoms with Crippen molar-refractivity contribution in [3.8, 4) is 0 Å². The fraction of sp³-hybridized carbons (Fsp3) is 1.00. The molecule has 0 aromatic heterocycles. The third-order valence-electron chi connectivity index (χ3n) is 5.01. The van der Waals surface area contributed by atoms with Gasteiger partial charge >= 0.3 is 0 Å². The molecule has 1 saturated carbocycles. The molecular formula is C15H31N3. The molecule has 1 aliphatic heterocycles. The Bertz CT molecular complexity index is 238. The van der Waals surface area contributed by atoms with Crippen molar-refractivity contribution in [3.05, 3.63) is 0 Å². The number of likely N-dealkylation sites (N-methyl/N-ethyl adjacent to an activating group) is 2. The lowest BCUT2D eigenvalue weighted by molar-refractivity contribution is 0.108. The minimum atomic E-state index is 0.690. The molecule has 2 fully saturated rings. The summed E-state index contributed by atoms with van der Waals surface area (Å²) in [7, 11) is 4.51. The van der Waals surface area contributed by atoms with Crippen molar-refractivity contribution in [3.63, 3.8) is 0 Å². The number of nitrogens with zero attached hydrogens (tertiary/aromatic N) is 2. The van der Waals surface area contributed by atoms with Crippen LogP contribution in [0.4, 0.5) is 0 Å². The lowest BCUT2D eigenvalue weighted by Crippen LogP contribution is -2.55. The minimum Gasteiger partial charge on any atom is -0.312 e. The normalized spacial score (nSPS) is 30.5. The summed E-state index contributed by atoms with van der Waals surface area (Å²) in [5, 5.41) is 3.80. The fourth-order valence-electron chi connectivity index (χ4n) is 3.44. The van der Waals surface area contributed by atoms with Crippen LogP contribution in [0.15, 0.2) is 0 Å². The van der Waals surface area contributed by atoms with Crippen LogP contribution in [0.2, 0.25) is 0 Å². The molecule has 0 radical (unpaired) electrons. The van der Waals surface area contributed by atoms with Gasteiger partial charge in [0.1, 0.15) is 0 Å². The maximum atomic E-state index is 3.80. The molecule has 2 atom stereocenters. The second-order valence-corrected chi connectivity index (χ2v) is 6.49. The monoisotopic (exact) mass is 253 g/mol. The van der Waals surface area contributed by atoms with Crippen LogP contribution in [-0.2, 0) is 0 Å². The zero-order chi connectivity index (χ0) is 13.0. The SMILES string of the molecule is CC(NCC1CN(C)CCN1C)C1CCCCC1. The topological polar surface area (TPSA) is 18.5 Å². The first-order chi connectivity index (χ1) is 8.66. The molecule has 0 bridgehead atoms. The van der Waals surface area contributed by atoms with E-state index in [9.17, 15) is 0 Å². The molecule has 3 nitrogen and oxygen atoms in total. The third kappa shape index (κ3) is 3.94. The first kappa shape index (κ1) is 14.3. The minimum absolute atomic E-state index is 0.690. The smallest absolute Gasteiger partial charge is 0.0345 e. The molecule has 1 aliphatic carbocycles. The van der Waals surface area contributed by atoms with E-state index in [0.717, 1.165) is 12.5 Å². The number of nitrogens with one attached hydrogen (secondary N) is 1. The van der Waals surface area contributed by atoms with E-state index in [1.165, 1.54) is 51.7 Å². The second kappa shape index (κ2) is 6.88. The van der Waals surface area contributed by atoms with Crippen molar-refractivity contribution < 1.29 is 0 Å². The summed E-state index contributed by atoms with van der Waals surface area (Å²) in [4.78, 5) is 4.97. The fourth-order valence-corrected chi connectivity index (χ4v) is 3.44. The summed E-state index contributed by atoms with van der Waals surface area (Å²) < 4.78 is 0. The van der Waals surface area contributed by atoms with Crippen molar-refractivity contribution in [2.75, 3.05) is 40.3 Å². The van der Waals surface area contributed by atoms with Gasteiger partial charge in [0.2, 0.25) is 0 Å². The predicted molar refractivity (Wildman–Crippen MR) is 78.0 cm³/mol. The first-order valence-corrected chi connectivity index (χ1v) is 7.79. The Hall–Kier alpha value is -0.120. The molecule has 18 heavy (non-hydrogen) atoms. The molecule has 3 heteroatoms. The Labute approximate surface area is 113 Å². The molecule has 2 rings (SSSR count). The molecule has 0 aromatic rings. The summed E-state index contributed by atoms with van der Waals surface area (Å²) in [5.41, 5.74) is 0. The van der Waals surface area contributed by atoms with Gasteiger partial charge in [-0.3, -0.25) is 4.90 Å². The Kier molecular flexibility index (Phi) is 5.46. The van der Waals surface area contributed by atoms with Gasteiger partial charge in [-0.1, -0.05) is 19.3 Å². The Morgan fingerprint density at radius 3 is 2.56 bits per heavy atom. The van der Waals surface area contributed by atoms with E-state index in [-0.39, 0.29) is 0 Å². The van der Waals surface area contributed by atoms with Crippen LogP contribution < -0.4 is 5.32 Å². The largest absolute Gasteiger partial charge is 0.312 e. The van der Waals surface area contributed by atoms with E-state index in [0.29, 0.717) is 12.1 Å². The number of rotatable bonds is 4. The van der Waals surface area contributed by atoms with Gasteiger partial charge in [-0.05, 0) is 39.8 Å². The van der Waals surface area contributed by atoms with E-state index < -0.39 is 0 Å². The van der Waals surface area contributed by atoms with E-state index in [1.807, 2.05) is 0 Å². The highest BCUT2D eigenvalue weighted by atomic mass is 15.3. The first-order valence-electron chi connectivity index (χ1n) is 7.79. The summed E-state index contributed by atoms with van der Waals surface area (Å²) in [6.45, 7) is 7.17. The van der Waals surface area contributed by atoms with Gasteiger partial charge in [0.15, 0.2) is 0 Å². The van der Waals surface area contributed by atoms with Crippen LogP contribution in [0.5, 0.6) is 0 Å². The maximum Gasteiger partial charge on any atom is 0.0345 e. The van der Waals surface area contributed by atoms with Crippen LogP contribution in [0, 0.1) is 5.92 Å². The molecule has 106 valence electrons. The van der Waals surface area contributed by atoms with Gasteiger partial charge in [0.05, 0.1) is 0 Å². The van der Waals surface area contributed by atoms with Crippen molar-refractivity contribution >= 4 is 0 Å². The molecule has 1 heterocycles. The molecule has 2 aliphatic rings. The van der Waals surface area contributed by atoms with Gasteiger partial charge in [-0.25, -0.2) is 0 Å². The van der Waals surface area contributed by atoms with Gasteiger partial charge in [0, 0.05) is 38.3 Å². The van der Waals surface area contributed by atoms with Crippen LogP contribution in [0.3, 0.4) is 0 Å². The number of piperazine rings is 1. The average molecular weight is 253 g/mol. The van der Waals surface area contributed by atoms with E-state index >= 15 is 0 Å². The van der Waals surface area contributed by atoms with Gasteiger partial charge < -0.3 is 10.2 Å². The van der Waals surface area contributed by atoms with Crippen LogP contribution in [-0.4, -0.2) is 62.2 Å². The summed E-state index contributed by atoms with van der Waals surface area (Å²) >= 11 is 0. The van der Waals surface area contributed by atoms with Gasteiger partial charge in [-0.2, -0.15) is 0 Å². The third-order valence-corrected chi connectivity index (χ3v) is 5.01. The molecular weight excluding hydrogens is 222 g/mol. The van der Waals surface area contributed by atoms with Crippen molar-refractivity contribution in [2.24, 2.45) is 5.92 Å². The molecule has 1 N–H and O–H groups in total. The molecule has 0 spiro atoms. The zero-order valence-corrected chi connectivity index (χ0v) is 12.5. The van der Waals surface area contributed by atoms with Crippen molar-refractivity contribution in [1.29, 1.82) is 0 Å². The van der Waals surface area contributed by atoms with E-state index in [1.54, 1.807) is 0 Å². The Balaban J connectivity index is 1.72. The second-order valence-electron chi connectivity index (χ2n) is 6.49.